The molecule has 2 heteroatoms. The van der Waals surface area contributed by atoms with Gasteiger partial charge < -0.3 is 10.4 Å². The van der Waals surface area contributed by atoms with E-state index < -0.39 is 0 Å². The maximum Gasteiger partial charge on any atom is 0.0577 e. The van der Waals surface area contributed by atoms with Crippen LogP contribution in [0.5, 0.6) is 0 Å². The van der Waals surface area contributed by atoms with Gasteiger partial charge in [-0.05, 0) is 105 Å². The lowest BCUT2D eigenvalue weighted by Gasteiger charge is -2.60. The summed E-state index contributed by atoms with van der Waals surface area (Å²) in [4.78, 5) is 0. The smallest absolute Gasteiger partial charge is 0.0577 e. The molecular weight excluding hydrogens is 330 g/mol. The van der Waals surface area contributed by atoms with Gasteiger partial charge in [-0.15, -0.1) is 0 Å². The zero-order valence-electron chi connectivity index (χ0n) is 17.6. The van der Waals surface area contributed by atoms with E-state index in [1.165, 1.54) is 51.6 Å². The van der Waals surface area contributed by atoms with E-state index in [-0.39, 0.29) is 6.10 Å². The van der Waals surface area contributed by atoms with Gasteiger partial charge in [0, 0.05) is 0 Å². The molecule has 5 aliphatic rings. The minimum atomic E-state index is -0.0957. The molecule has 2 N–H and O–H groups in total. The van der Waals surface area contributed by atoms with Crippen LogP contribution in [0.1, 0.15) is 72.1 Å². The normalized spacial score (nSPS) is 50.3. The van der Waals surface area contributed by atoms with Crippen LogP contribution in [0.15, 0.2) is 23.3 Å². The molecule has 0 aromatic carbocycles. The summed E-state index contributed by atoms with van der Waals surface area (Å²) >= 11 is 0. The summed E-state index contributed by atoms with van der Waals surface area (Å²) in [5.41, 5.74) is 4.25. The van der Waals surface area contributed by atoms with Gasteiger partial charge in [0.1, 0.15) is 0 Å². The van der Waals surface area contributed by atoms with Gasteiger partial charge in [0.2, 0.25) is 0 Å². The predicted octanol–water partition coefficient (Wildman–Crippen LogP) is 5.09. The fourth-order valence-corrected chi connectivity index (χ4v) is 8.37. The molecule has 27 heavy (non-hydrogen) atoms. The van der Waals surface area contributed by atoms with Crippen LogP contribution in [0, 0.1) is 40.4 Å². The summed E-state index contributed by atoms with van der Waals surface area (Å²) in [6.07, 6.45) is 15.2. The summed E-state index contributed by atoms with van der Waals surface area (Å²) < 4.78 is 0. The molecule has 0 bridgehead atoms. The second kappa shape index (κ2) is 6.46. The highest BCUT2D eigenvalue weighted by molar-refractivity contribution is 5.32. The maximum atomic E-state index is 10.3. The Morgan fingerprint density at radius 1 is 1.00 bits per heavy atom. The first-order valence-corrected chi connectivity index (χ1v) is 11.7. The van der Waals surface area contributed by atoms with E-state index in [9.17, 15) is 5.11 Å². The molecule has 0 unspecified atom stereocenters. The van der Waals surface area contributed by atoms with E-state index in [4.69, 9.17) is 0 Å². The minimum absolute atomic E-state index is 0.0957. The Bertz CT molecular complexity index is 659. The molecule has 0 aromatic heterocycles. The second-order valence-corrected chi connectivity index (χ2v) is 11.0. The standard InChI is InChI=1S/C25H39NO/c1-16-14-18-15-19(27)6-10-24(18,2)22-7-11-25(3)20(4-5-21(25)23(16)22)17-8-12-26-13-9-17/h4,14,16-17,19,21-23,26-27H,5-13,15H2,1-3H3/t16-,19+,21+,22+,23+,24+,25-/m1/s1. The van der Waals surface area contributed by atoms with Crippen LogP contribution in [0.3, 0.4) is 0 Å². The van der Waals surface area contributed by atoms with Crippen molar-refractivity contribution in [2.75, 3.05) is 13.1 Å². The summed E-state index contributed by atoms with van der Waals surface area (Å²) in [5, 5.41) is 13.8. The topological polar surface area (TPSA) is 32.3 Å². The minimum Gasteiger partial charge on any atom is -0.393 e. The first kappa shape index (κ1) is 18.4. The van der Waals surface area contributed by atoms with Crippen LogP contribution in [-0.2, 0) is 0 Å². The van der Waals surface area contributed by atoms with Crippen molar-refractivity contribution in [3.05, 3.63) is 23.3 Å². The van der Waals surface area contributed by atoms with Crippen LogP contribution >= 0.6 is 0 Å². The number of hydrogen-bond donors (Lipinski definition) is 2. The van der Waals surface area contributed by atoms with Crippen LogP contribution < -0.4 is 5.32 Å². The van der Waals surface area contributed by atoms with Crippen molar-refractivity contribution >= 4 is 0 Å². The quantitative estimate of drug-likeness (QED) is 0.631. The lowest BCUT2D eigenvalue weighted by molar-refractivity contribution is -0.0503. The van der Waals surface area contributed by atoms with E-state index in [1.807, 2.05) is 5.57 Å². The lowest BCUT2D eigenvalue weighted by atomic mass is 9.45. The van der Waals surface area contributed by atoms with E-state index in [0.29, 0.717) is 16.7 Å². The third-order valence-corrected chi connectivity index (χ3v) is 9.83. The average Bonchev–Trinajstić information content (AvgIpc) is 3.01. The Labute approximate surface area is 165 Å². The van der Waals surface area contributed by atoms with Crippen LogP contribution in [-0.4, -0.2) is 24.3 Å². The summed E-state index contributed by atoms with van der Waals surface area (Å²) in [6, 6.07) is 0. The van der Waals surface area contributed by atoms with Crippen molar-refractivity contribution in [1.82, 2.24) is 5.32 Å². The molecule has 1 heterocycles. The van der Waals surface area contributed by atoms with Gasteiger partial charge in [-0.25, -0.2) is 0 Å². The maximum absolute atomic E-state index is 10.3. The van der Waals surface area contributed by atoms with Gasteiger partial charge in [-0.3, -0.25) is 0 Å². The highest BCUT2D eigenvalue weighted by Crippen LogP contribution is 2.67. The number of nitrogens with one attached hydrogen (secondary N) is 1. The number of aliphatic hydroxyl groups excluding tert-OH is 1. The Kier molecular flexibility index (Phi) is 4.41. The van der Waals surface area contributed by atoms with Crippen LogP contribution in [0.2, 0.25) is 0 Å². The molecular formula is C25H39NO. The number of aliphatic hydroxyl groups is 1. The molecule has 2 saturated carbocycles. The molecule has 2 nitrogen and oxygen atoms in total. The zero-order valence-corrected chi connectivity index (χ0v) is 17.6. The van der Waals surface area contributed by atoms with Gasteiger partial charge in [-0.2, -0.15) is 0 Å². The van der Waals surface area contributed by atoms with Crippen molar-refractivity contribution in [2.24, 2.45) is 40.4 Å². The zero-order chi connectivity index (χ0) is 18.8. The van der Waals surface area contributed by atoms with Crippen molar-refractivity contribution in [3.63, 3.8) is 0 Å². The third-order valence-electron chi connectivity index (χ3n) is 9.83. The van der Waals surface area contributed by atoms with Crippen molar-refractivity contribution in [1.29, 1.82) is 0 Å². The summed E-state index contributed by atoms with van der Waals surface area (Å²) in [7, 11) is 0. The number of fused-ring (bicyclic) bond motifs is 5. The molecule has 150 valence electrons. The van der Waals surface area contributed by atoms with E-state index in [2.05, 4.69) is 38.2 Å². The summed E-state index contributed by atoms with van der Waals surface area (Å²) in [5.74, 6) is 4.02. The Morgan fingerprint density at radius 3 is 2.52 bits per heavy atom. The molecule has 1 aliphatic heterocycles. The van der Waals surface area contributed by atoms with E-state index in [1.54, 1.807) is 5.57 Å². The highest BCUT2D eigenvalue weighted by Gasteiger charge is 2.58. The molecule has 7 atom stereocenters. The van der Waals surface area contributed by atoms with Crippen LogP contribution in [0.4, 0.5) is 0 Å². The van der Waals surface area contributed by atoms with Gasteiger partial charge in [0.15, 0.2) is 0 Å². The van der Waals surface area contributed by atoms with Gasteiger partial charge in [0.05, 0.1) is 6.10 Å². The Balaban J connectivity index is 1.46. The largest absolute Gasteiger partial charge is 0.393 e. The van der Waals surface area contributed by atoms with E-state index in [0.717, 1.165) is 36.5 Å². The summed E-state index contributed by atoms with van der Waals surface area (Å²) in [6.45, 7) is 10.1. The molecule has 1 saturated heterocycles. The number of rotatable bonds is 1. The third kappa shape index (κ3) is 2.65. The lowest BCUT2D eigenvalue weighted by Crippen LogP contribution is -2.52. The molecule has 0 aromatic rings. The SMILES string of the molecule is C[C@@H]1C=C2C[C@@H](O)CC[C@]2(C)[C@H]2CC[C@]3(C)C(C4CCNCC4)=CC[C@H]3[C@H]12. The molecule has 4 aliphatic carbocycles. The molecule has 3 fully saturated rings. The van der Waals surface area contributed by atoms with Crippen molar-refractivity contribution in [3.8, 4) is 0 Å². The molecule has 0 radical (unpaired) electrons. The molecule has 5 rings (SSSR count). The van der Waals surface area contributed by atoms with Crippen molar-refractivity contribution in [2.45, 2.75) is 78.2 Å². The van der Waals surface area contributed by atoms with Crippen LogP contribution in [0.25, 0.3) is 0 Å². The number of piperidine rings is 1. The molecule has 0 spiro atoms. The average molecular weight is 370 g/mol. The highest BCUT2D eigenvalue weighted by atomic mass is 16.3. The second-order valence-electron chi connectivity index (χ2n) is 11.0. The Hall–Kier alpha value is -0.600. The Morgan fingerprint density at radius 2 is 1.74 bits per heavy atom. The number of allylic oxidation sites excluding steroid dienone is 3. The first-order chi connectivity index (χ1) is 12.9. The van der Waals surface area contributed by atoms with Gasteiger partial charge in [-0.1, -0.05) is 44.1 Å². The monoisotopic (exact) mass is 369 g/mol. The first-order valence-electron chi connectivity index (χ1n) is 11.7. The predicted molar refractivity (Wildman–Crippen MR) is 111 cm³/mol. The fourth-order valence-electron chi connectivity index (χ4n) is 8.37. The van der Waals surface area contributed by atoms with E-state index >= 15 is 0 Å². The molecule has 0 amide bonds. The fraction of sp³-hybridized carbons (Fsp3) is 0.840. The van der Waals surface area contributed by atoms with Crippen molar-refractivity contribution < 1.29 is 5.11 Å². The van der Waals surface area contributed by atoms with Gasteiger partial charge in [0.25, 0.3) is 0 Å². The van der Waals surface area contributed by atoms with Gasteiger partial charge >= 0.3 is 0 Å². The number of hydrogen-bond acceptors (Lipinski definition) is 2.